The Hall–Kier alpha value is -1.08. The summed E-state index contributed by atoms with van der Waals surface area (Å²) in [6.45, 7) is 6.15. The average Bonchev–Trinajstić information content (AvgIpc) is 2.40. The summed E-state index contributed by atoms with van der Waals surface area (Å²) in [6, 6.07) is 0. The Balaban J connectivity index is -0.0000000376. The Labute approximate surface area is 151 Å². The van der Waals surface area contributed by atoms with E-state index in [1.807, 2.05) is 0 Å². The fraction of sp³-hybridized carbons (Fsp3) is 0.667. The van der Waals surface area contributed by atoms with Crippen LogP contribution in [-0.2, 0) is 53.3 Å². The van der Waals surface area contributed by atoms with Gasteiger partial charge in [-0.1, -0.05) is 27.7 Å². The summed E-state index contributed by atoms with van der Waals surface area (Å²) in [5.74, 6) is -3.98. The first-order chi connectivity index (χ1) is 9.08. The molecule has 0 aromatic heterocycles. The van der Waals surface area contributed by atoms with Crippen molar-refractivity contribution in [2.75, 3.05) is 0 Å². The van der Waals surface area contributed by atoms with E-state index in [1.165, 1.54) is 27.7 Å². The molecule has 0 spiro atoms. The number of carboxylic acid groups (broad SMARTS) is 4. The van der Waals surface area contributed by atoms with E-state index >= 15 is 0 Å². The van der Waals surface area contributed by atoms with Crippen molar-refractivity contribution in [3.05, 3.63) is 0 Å². The SMILES string of the molecule is CCC(=O)[O-].CCC(=O)[O-].CCC(=O)[O-].CCC(=O)[O-].[Cu+2].[Cu+2]. The fourth-order valence-electron chi connectivity index (χ4n) is 0. The first kappa shape index (κ1) is 37.3. The van der Waals surface area contributed by atoms with Crippen LogP contribution in [0.1, 0.15) is 53.4 Å². The fourth-order valence-corrected chi connectivity index (χ4v) is 0. The van der Waals surface area contributed by atoms with Gasteiger partial charge < -0.3 is 39.6 Å². The van der Waals surface area contributed by atoms with Crippen LogP contribution in [0.2, 0.25) is 0 Å². The van der Waals surface area contributed by atoms with Crippen molar-refractivity contribution in [2.24, 2.45) is 0 Å². The van der Waals surface area contributed by atoms with Gasteiger partial charge in [0.05, 0.1) is 0 Å². The van der Waals surface area contributed by atoms with Crippen LogP contribution >= 0.6 is 0 Å². The van der Waals surface area contributed by atoms with Gasteiger partial charge in [-0.2, -0.15) is 0 Å². The van der Waals surface area contributed by atoms with Crippen LogP contribution in [0.25, 0.3) is 0 Å². The summed E-state index contributed by atoms with van der Waals surface area (Å²) in [5, 5.41) is 37.0. The zero-order chi connectivity index (χ0) is 17.1. The molecule has 0 atom stereocenters. The van der Waals surface area contributed by atoms with Crippen LogP contribution in [0.15, 0.2) is 0 Å². The molecule has 0 fully saturated rings. The molecular weight excluding hydrogens is 399 g/mol. The van der Waals surface area contributed by atoms with Crippen LogP contribution < -0.4 is 20.4 Å². The van der Waals surface area contributed by atoms with Crippen LogP contribution in [0.4, 0.5) is 0 Å². The maximum absolute atomic E-state index is 9.26. The van der Waals surface area contributed by atoms with Crippen molar-refractivity contribution in [1.29, 1.82) is 0 Å². The molecule has 2 radical (unpaired) electrons. The van der Waals surface area contributed by atoms with Crippen LogP contribution in [0.5, 0.6) is 0 Å². The van der Waals surface area contributed by atoms with Gasteiger partial charge in [0.25, 0.3) is 0 Å². The van der Waals surface area contributed by atoms with Gasteiger partial charge in [-0.05, 0) is 25.7 Å². The summed E-state index contributed by atoms with van der Waals surface area (Å²) in [4.78, 5) is 37.0. The topological polar surface area (TPSA) is 161 Å². The summed E-state index contributed by atoms with van der Waals surface area (Å²) in [7, 11) is 0. The van der Waals surface area contributed by atoms with Crippen molar-refractivity contribution in [3.63, 3.8) is 0 Å². The molecule has 0 aliphatic heterocycles. The monoisotopic (exact) mass is 418 g/mol. The Morgan fingerprint density at radius 1 is 0.500 bits per heavy atom. The molecule has 0 saturated carbocycles. The number of rotatable bonds is 4. The molecule has 10 heteroatoms. The summed E-state index contributed by atoms with van der Waals surface area (Å²) in [5.41, 5.74) is 0. The van der Waals surface area contributed by atoms with E-state index in [2.05, 4.69) is 0 Å². The van der Waals surface area contributed by atoms with E-state index < -0.39 is 23.9 Å². The number of carboxylic acids is 4. The third kappa shape index (κ3) is 127. The first-order valence-corrected chi connectivity index (χ1v) is 5.88. The van der Waals surface area contributed by atoms with Gasteiger partial charge in [0.2, 0.25) is 0 Å². The van der Waals surface area contributed by atoms with Gasteiger partial charge in [-0.3, -0.25) is 0 Å². The molecule has 0 aromatic carbocycles. The van der Waals surface area contributed by atoms with E-state index in [0.717, 1.165) is 0 Å². The molecule has 22 heavy (non-hydrogen) atoms. The molecule has 0 rings (SSSR count). The molecule has 0 aliphatic rings. The zero-order valence-corrected chi connectivity index (χ0v) is 14.6. The summed E-state index contributed by atoms with van der Waals surface area (Å²) < 4.78 is 0. The van der Waals surface area contributed by atoms with Gasteiger partial charge in [0.1, 0.15) is 0 Å². The van der Waals surface area contributed by atoms with E-state index in [0.29, 0.717) is 0 Å². The third-order valence-corrected chi connectivity index (χ3v) is 1.15. The molecule has 0 N–H and O–H groups in total. The van der Waals surface area contributed by atoms with E-state index in [9.17, 15) is 39.6 Å². The zero-order valence-electron chi connectivity index (χ0n) is 12.7. The van der Waals surface area contributed by atoms with Crippen molar-refractivity contribution in [1.82, 2.24) is 0 Å². The predicted octanol–water partition coefficient (Wildman–Crippen LogP) is -3.42. The molecular formula is C12H20Cu2O8. The Morgan fingerprint density at radius 3 is 0.545 bits per heavy atom. The number of carbonyl (C=O) groups is 4. The van der Waals surface area contributed by atoms with Crippen LogP contribution in [-0.4, -0.2) is 23.9 Å². The maximum Gasteiger partial charge on any atom is 2.00 e. The third-order valence-electron chi connectivity index (χ3n) is 1.15. The Bertz CT molecular complexity index is 226. The molecule has 0 aliphatic carbocycles. The van der Waals surface area contributed by atoms with Gasteiger partial charge in [0.15, 0.2) is 0 Å². The molecule has 0 heterocycles. The standard InChI is InChI=1S/4C3H6O2.2Cu/c4*1-2-3(4)5;;/h4*2H2,1H3,(H,4,5);;/q;;;;2*+2/p-4. The minimum Gasteiger partial charge on any atom is -0.550 e. The van der Waals surface area contributed by atoms with E-state index in [1.54, 1.807) is 0 Å². The second kappa shape index (κ2) is 32.0. The maximum atomic E-state index is 9.26. The average molecular weight is 419 g/mol. The second-order valence-corrected chi connectivity index (χ2v) is 2.90. The number of hydrogen-bond acceptors (Lipinski definition) is 8. The summed E-state index contributed by atoms with van der Waals surface area (Å²) in [6.07, 6.45) is 0.444. The van der Waals surface area contributed by atoms with Crippen LogP contribution in [0.3, 0.4) is 0 Å². The van der Waals surface area contributed by atoms with E-state index in [-0.39, 0.29) is 59.8 Å². The Kier molecular flexibility index (Phi) is 54.3. The van der Waals surface area contributed by atoms with E-state index in [4.69, 9.17) is 0 Å². The van der Waals surface area contributed by atoms with Crippen molar-refractivity contribution in [2.45, 2.75) is 53.4 Å². The van der Waals surface area contributed by atoms with Gasteiger partial charge in [-0.25, -0.2) is 0 Å². The number of carbonyl (C=O) groups excluding carboxylic acids is 4. The second-order valence-electron chi connectivity index (χ2n) is 2.90. The molecule has 138 valence electrons. The van der Waals surface area contributed by atoms with Crippen LogP contribution in [0, 0.1) is 0 Å². The summed E-state index contributed by atoms with van der Waals surface area (Å²) >= 11 is 0. The molecule has 0 saturated heterocycles. The Morgan fingerprint density at radius 2 is 0.545 bits per heavy atom. The van der Waals surface area contributed by atoms with Crippen molar-refractivity contribution in [3.8, 4) is 0 Å². The van der Waals surface area contributed by atoms with Crippen molar-refractivity contribution < 1.29 is 73.7 Å². The molecule has 0 bridgehead atoms. The number of hydrogen-bond donors (Lipinski definition) is 0. The largest absolute Gasteiger partial charge is 2.00 e. The first-order valence-electron chi connectivity index (χ1n) is 5.88. The minimum absolute atomic E-state index is 0. The molecule has 8 nitrogen and oxygen atoms in total. The van der Waals surface area contributed by atoms with Gasteiger partial charge >= 0.3 is 34.1 Å². The molecule has 0 aromatic rings. The number of aliphatic carboxylic acids is 4. The van der Waals surface area contributed by atoms with Gasteiger partial charge in [-0.15, -0.1) is 0 Å². The molecule has 0 amide bonds. The smallest absolute Gasteiger partial charge is 0.550 e. The molecule has 0 unspecified atom stereocenters. The van der Waals surface area contributed by atoms with Gasteiger partial charge in [0, 0.05) is 23.9 Å². The van der Waals surface area contributed by atoms with Crippen molar-refractivity contribution >= 4 is 23.9 Å². The quantitative estimate of drug-likeness (QED) is 0.426. The predicted molar refractivity (Wildman–Crippen MR) is 61.2 cm³/mol. The normalized spacial score (nSPS) is 6.73. The minimum atomic E-state index is -0.995.